The molecule has 1 saturated heterocycles. The van der Waals surface area contributed by atoms with Crippen LogP contribution >= 0.6 is 0 Å². The summed E-state index contributed by atoms with van der Waals surface area (Å²) in [5, 5.41) is 16.0. The molecule has 146 valence electrons. The van der Waals surface area contributed by atoms with E-state index in [0.29, 0.717) is 13.2 Å². The summed E-state index contributed by atoms with van der Waals surface area (Å²) < 4.78 is 5.55. The molecule has 27 heavy (non-hydrogen) atoms. The molecule has 0 radical (unpaired) electrons. The Hall–Kier alpha value is -2.38. The van der Waals surface area contributed by atoms with Gasteiger partial charge >= 0.3 is 0 Å². The molecule has 3 rings (SSSR count). The molecule has 0 bridgehead atoms. The smallest absolute Gasteiger partial charge is 0.191 e. The number of imidazole rings is 1. The summed E-state index contributed by atoms with van der Waals surface area (Å²) in [4.78, 5) is 12.4. The maximum atomic E-state index is 9.37. The fourth-order valence-electron chi connectivity index (χ4n) is 3.29. The Bertz CT molecular complexity index is 723. The number of ether oxygens (including phenoxy) is 1. The molecular weight excluding hydrogens is 342 g/mol. The zero-order valence-corrected chi connectivity index (χ0v) is 15.9. The lowest BCUT2D eigenvalue weighted by Crippen LogP contribution is -2.44. The Labute approximate surface area is 160 Å². The highest BCUT2D eigenvalue weighted by Gasteiger charge is 2.34. The number of aromatic nitrogens is 2. The summed E-state index contributed by atoms with van der Waals surface area (Å²) >= 11 is 0. The van der Waals surface area contributed by atoms with Gasteiger partial charge in [0.25, 0.3) is 0 Å². The van der Waals surface area contributed by atoms with Gasteiger partial charge in [0.15, 0.2) is 5.96 Å². The Morgan fingerprint density at radius 3 is 2.89 bits per heavy atom. The van der Waals surface area contributed by atoms with Gasteiger partial charge in [-0.15, -0.1) is 0 Å². The molecule has 1 aromatic carbocycles. The number of aliphatic hydroxyl groups is 1. The predicted molar refractivity (Wildman–Crippen MR) is 106 cm³/mol. The number of H-pyrrole nitrogens is 1. The summed E-state index contributed by atoms with van der Waals surface area (Å²) in [5.41, 5.74) is 2.08. The number of aliphatic hydroxyl groups excluding tert-OH is 1. The van der Waals surface area contributed by atoms with Crippen molar-refractivity contribution in [2.75, 3.05) is 32.9 Å². The molecule has 2 aromatic rings. The Balaban J connectivity index is 1.61. The van der Waals surface area contributed by atoms with Crippen molar-refractivity contribution in [2.24, 2.45) is 10.4 Å². The maximum absolute atomic E-state index is 9.37. The third kappa shape index (κ3) is 5.30. The van der Waals surface area contributed by atoms with E-state index in [4.69, 9.17) is 4.74 Å². The van der Waals surface area contributed by atoms with Crippen LogP contribution < -0.4 is 10.6 Å². The van der Waals surface area contributed by atoms with Crippen LogP contribution in [0.3, 0.4) is 0 Å². The van der Waals surface area contributed by atoms with Gasteiger partial charge in [-0.2, -0.15) is 0 Å². The minimum absolute atomic E-state index is 0.0178. The molecule has 1 aliphatic rings. The van der Waals surface area contributed by atoms with E-state index in [1.807, 2.05) is 31.3 Å². The van der Waals surface area contributed by atoms with Crippen molar-refractivity contribution < 1.29 is 9.84 Å². The van der Waals surface area contributed by atoms with Crippen LogP contribution in [0.25, 0.3) is 11.3 Å². The van der Waals surface area contributed by atoms with Crippen molar-refractivity contribution in [2.45, 2.75) is 26.3 Å². The van der Waals surface area contributed by atoms with Crippen LogP contribution in [0.15, 0.2) is 41.5 Å². The van der Waals surface area contributed by atoms with E-state index < -0.39 is 0 Å². The molecular formula is C20H29N5O2. The molecule has 4 N–H and O–H groups in total. The van der Waals surface area contributed by atoms with Crippen molar-refractivity contribution in [3.63, 3.8) is 0 Å². The van der Waals surface area contributed by atoms with Gasteiger partial charge in [0.1, 0.15) is 12.4 Å². The first-order valence-corrected chi connectivity index (χ1v) is 9.55. The van der Waals surface area contributed by atoms with Crippen molar-refractivity contribution in [3.05, 3.63) is 42.4 Å². The monoisotopic (exact) mass is 371 g/mol. The number of guanidine groups is 1. The normalized spacial score (nSPS) is 20.0. The quantitative estimate of drug-likeness (QED) is 0.420. The van der Waals surface area contributed by atoms with Crippen molar-refractivity contribution in [1.82, 2.24) is 20.6 Å². The average Bonchev–Trinajstić information content (AvgIpc) is 3.35. The van der Waals surface area contributed by atoms with Gasteiger partial charge in [-0.05, 0) is 25.3 Å². The third-order valence-corrected chi connectivity index (χ3v) is 4.90. The van der Waals surface area contributed by atoms with Crippen LogP contribution in [-0.4, -0.2) is 53.9 Å². The van der Waals surface area contributed by atoms with Crippen LogP contribution in [0.2, 0.25) is 0 Å². The Morgan fingerprint density at radius 1 is 1.33 bits per heavy atom. The molecule has 1 aliphatic heterocycles. The number of aliphatic imine (C=N–C) groups is 1. The molecule has 2 heterocycles. The fraction of sp³-hybridized carbons (Fsp3) is 0.500. The van der Waals surface area contributed by atoms with Crippen LogP contribution in [0, 0.1) is 5.41 Å². The summed E-state index contributed by atoms with van der Waals surface area (Å²) in [5.74, 6) is 1.57. The summed E-state index contributed by atoms with van der Waals surface area (Å²) in [6, 6.07) is 10.1. The minimum Gasteiger partial charge on any atom is -0.396 e. The molecule has 1 fully saturated rings. The molecule has 7 heteroatoms. The highest BCUT2D eigenvalue weighted by atomic mass is 16.5. The third-order valence-electron chi connectivity index (χ3n) is 4.90. The molecule has 1 atom stereocenters. The first-order chi connectivity index (χ1) is 13.2. The summed E-state index contributed by atoms with van der Waals surface area (Å²) in [6.45, 7) is 5.62. The SMILES string of the molecule is CCNC(=NCc1ncc(-c2ccccc2)[nH]1)NCC1(CCO)CCOC1. The molecule has 0 aliphatic carbocycles. The summed E-state index contributed by atoms with van der Waals surface area (Å²) in [6.07, 6.45) is 3.53. The number of aromatic amines is 1. The highest BCUT2D eigenvalue weighted by molar-refractivity contribution is 5.79. The Morgan fingerprint density at radius 2 is 2.19 bits per heavy atom. The maximum Gasteiger partial charge on any atom is 0.191 e. The van der Waals surface area contributed by atoms with E-state index in [2.05, 4.69) is 37.7 Å². The standard InChI is InChI=1S/C20H29N5O2/c1-2-21-19(24-14-20(8-10-26)9-11-27-15-20)23-13-18-22-12-17(25-18)16-6-4-3-5-7-16/h3-7,12,26H,2,8-11,13-15H2,1H3,(H,22,25)(H2,21,23,24). The molecule has 1 aromatic heterocycles. The highest BCUT2D eigenvalue weighted by Crippen LogP contribution is 2.31. The van der Waals surface area contributed by atoms with Crippen LogP contribution in [0.4, 0.5) is 0 Å². The van der Waals surface area contributed by atoms with E-state index in [0.717, 1.165) is 55.6 Å². The zero-order chi connectivity index (χ0) is 19.0. The number of hydrogen-bond donors (Lipinski definition) is 4. The van der Waals surface area contributed by atoms with Gasteiger partial charge in [-0.25, -0.2) is 9.98 Å². The zero-order valence-electron chi connectivity index (χ0n) is 15.9. The summed E-state index contributed by atoms with van der Waals surface area (Å²) in [7, 11) is 0. The molecule has 0 saturated carbocycles. The van der Waals surface area contributed by atoms with Crippen molar-refractivity contribution in [1.29, 1.82) is 0 Å². The van der Waals surface area contributed by atoms with Crippen molar-refractivity contribution >= 4 is 5.96 Å². The minimum atomic E-state index is -0.0178. The molecule has 1 unspecified atom stereocenters. The second-order valence-electron chi connectivity index (χ2n) is 6.93. The molecule has 0 spiro atoms. The molecule has 7 nitrogen and oxygen atoms in total. The van der Waals surface area contributed by atoms with Crippen LogP contribution in [0.1, 0.15) is 25.6 Å². The van der Waals surface area contributed by atoms with Gasteiger partial charge in [-0.3, -0.25) is 0 Å². The number of benzene rings is 1. The lowest BCUT2D eigenvalue weighted by molar-refractivity contribution is 0.127. The van der Waals surface area contributed by atoms with Gasteiger partial charge < -0.3 is 25.5 Å². The van der Waals surface area contributed by atoms with E-state index in [1.165, 1.54) is 0 Å². The fourth-order valence-corrected chi connectivity index (χ4v) is 3.29. The van der Waals surface area contributed by atoms with Gasteiger partial charge in [0.2, 0.25) is 0 Å². The number of nitrogens with one attached hydrogen (secondary N) is 3. The lowest BCUT2D eigenvalue weighted by atomic mass is 9.84. The van der Waals surface area contributed by atoms with Crippen molar-refractivity contribution in [3.8, 4) is 11.3 Å². The molecule has 0 amide bonds. The number of nitrogens with zero attached hydrogens (tertiary/aromatic N) is 2. The van der Waals surface area contributed by atoms with E-state index in [9.17, 15) is 5.11 Å². The van der Waals surface area contributed by atoms with Gasteiger partial charge in [-0.1, -0.05) is 30.3 Å². The van der Waals surface area contributed by atoms with E-state index >= 15 is 0 Å². The average molecular weight is 371 g/mol. The van der Waals surface area contributed by atoms with E-state index in [1.54, 1.807) is 0 Å². The topological polar surface area (TPSA) is 94.6 Å². The Kier molecular flexibility index (Phi) is 6.84. The largest absolute Gasteiger partial charge is 0.396 e. The second-order valence-corrected chi connectivity index (χ2v) is 6.93. The number of rotatable bonds is 8. The van der Waals surface area contributed by atoms with Gasteiger partial charge in [0, 0.05) is 31.7 Å². The second kappa shape index (κ2) is 9.53. The van der Waals surface area contributed by atoms with E-state index in [-0.39, 0.29) is 12.0 Å². The van der Waals surface area contributed by atoms with Gasteiger partial charge in [0.05, 0.1) is 18.5 Å². The lowest BCUT2D eigenvalue weighted by Gasteiger charge is -2.27. The predicted octanol–water partition coefficient (Wildman–Crippen LogP) is 1.92. The first-order valence-electron chi connectivity index (χ1n) is 9.55. The first kappa shape index (κ1) is 19.4. The van der Waals surface area contributed by atoms with Crippen LogP contribution in [0.5, 0.6) is 0 Å². The number of hydrogen-bond acceptors (Lipinski definition) is 4. The van der Waals surface area contributed by atoms with Crippen LogP contribution in [-0.2, 0) is 11.3 Å².